The second-order valence-corrected chi connectivity index (χ2v) is 9.06. The third kappa shape index (κ3) is 3.90. The molecule has 0 aliphatic carbocycles. The molecule has 0 spiro atoms. The minimum Gasteiger partial charge on any atom is -0.335 e. The first-order valence-electron chi connectivity index (χ1n) is 11.8. The molecule has 5 rings (SSSR count). The molecule has 182 valence electrons. The molecule has 0 unspecified atom stereocenters. The summed E-state index contributed by atoms with van der Waals surface area (Å²) in [6.07, 6.45) is 0.00910. The van der Waals surface area contributed by atoms with Gasteiger partial charge in [-0.15, -0.1) is 0 Å². The van der Waals surface area contributed by atoms with Gasteiger partial charge in [-0.3, -0.25) is 19.8 Å². The number of nitrogens with one attached hydrogen (secondary N) is 2. The summed E-state index contributed by atoms with van der Waals surface area (Å²) in [6.45, 7) is 2.12. The number of hydrazine groups is 1. The fourth-order valence-corrected chi connectivity index (χ4v) is 4.96. The number of carbonyl (C=O) groups is 4. The van der Waals surface area contributed by atoms with Gasteiger partial charge in [-0.05, 0) is 23.6 Å². The van der Waals surface area contributed by atoms with Gasteiger partial charge in [0.1, 0.15) is 0 Å². The van der Waals surface area contributed by atoms with E-state index in [1.807, 2.05) is 49.4 Å². The predicted molar refractivity (Wildman–Crippen MR) is 132 cm³/mol. The molecule has 3 aromatic carbocycles. The van der Waals surface area contributed by atoms with Crippen LogP contribution in [0.2, 0.25) is 0 Å². The van der Waals surface area contributed by atoms with Crippen molar-refractivity contribution in [3.63, 3.8) is 0 Å². The molecular weight excluding hydrogens is 456 g/mol. The quantitative estimate of drug-likeness (QED) is 0.528. The maximum atomic E-state index is 13.8. The first-order valence-corrected chi connectivity index (χ1v) is 11.8. The van der Waals surface area contributed by atoms with Crippen LogP contribution in [0, 0.1) is 5.92 Å². The Balaban J connectivity index is 1.37. The first-order chi connectivity index (χ1) is 17.4. The van der Waals surface area contributed by atoms with E-state index in [1.165, 1.54) is 0 Å². The lowest BCUT2D eigenvalue weighted by molar-refractivity contribution is -0.140. The average molecular weight is 483 g/mol. The molecule has 8 heteroatoms. The summed E-state index contributed by atoms with van der Waals surface area (Å²) in [5.41, 5.74) is 3.13. The summed E-state index contributed by atoms with van der Waals surface area (Å²) in [6, 6.07) is 26.5. The highest BCUT2D eigenvalue weighted by molar-refractivity contribution is 6.10. The molecular formula is C28H26N4O4. The van der Waals surface area contributed by atoms with Gasteiger partial charge < -0.3 is 10.2 Å². The van der Waals surface area contributed by atoms with Gasteiger partial charge in [-0.25, -0.2) is 4.79 Å². The number of likely N-dealkylation sites (tertiary alicyclic amines) is 1. The average Bonchev–Trinajstić information content (AvgIpc) is 3.43. The number of amides is 5. The molecule has 2 atom stereocenters. The van der Waals surface area contributed by atoms with E-state index >= 15 is 0 Å². The van der Waals surface area contributed by atoms with E-state index in [1.54, 1.807) is 53.4 Å². The van der Waals surface area contributed by atoms with Crippen LogP contribution in [0.4, 0.5) is 4.79 Å². The maximum Gasteiger partial charge on any atom is 0.344 e. The number of hydrogen-bond donors (Lipinski definition) is 2. The van der Waals surface area contributed by atoms with Crippen molar-refractivity contribution in [2.24, 2.45) is 5.92 Å². The molecule has 0 aromatic heterocycles. The lowest BCUT2D eigenvalue weighted by Crippen LogP contribution is -2.50. The zero-order chi connectivity index (χ0) is 25.3. The zero-order valence-electron chi connectivity index (χ0n) is 19.8. The van der Waals surface area contributed by atoms with Gasteiger partial charge in [-0.2, -0.15) is 5.01 Å². The molecule has 36 heavy (non-hydrogen) atoms. The van der Waals surface area contributed by atoms with E-state index in [0.717, 1.165) is 10.6 Å². The number of imide groups is 1. The van der Waals surface area contributed by atoms with E-state index in [-0.39, 0.29) is 24.9 Å². The van der Waals surface area contributed by atoms with Crippen molar-refractivity contribution in [3.05, 3.63) is 108 Å². The van der Waals surface area contributed by atoms with Crippen molar-refractivity contribution in [2.45, 2.75) is 24.9 Å². The van der Waals surface area contributed by atoms with Gasteiger partial charge >= 0.3 is 6.03 Å². The van der Waals surface area contributed by atoms with Gasteiger partial charge in [0.05, 0.1) is 12.0 Å². The van der Waals surface area contributed by atoms with Crippen molar-refractivity contribution >= 4 is 23.8 Å². The molecule has 0 bridgehead atoms. The highest BCUT2D eigenvalue weighted by atomic mass is 16.2. The fourth-order valence-electron chi connectivity index (χ4n) is 4.96. The lowest BCUT2D eigenvalue weighted by atomic mass is 9.83. The van der Waals surface area contributed by atoms with Crippen LogP contribution in [0.3, 0.4) is 0 Å². The Morgan fingerprint density at radius 1 is 0.889 bits per heavy atom. The molecule has 2 saturated heterocycles. The third-order valence-electron chi connectivity index (χ3n) is 6.94. The second kappa shape index (κ2) is 9.30. The Labute approximate surface area is 208 Å². The van der Waals surface area contributed by atoms with Crippen LogP contribution in [0.15, 0.2) is 91.0 Å². The SMILES string of the molecule is C[C@H](c1ccccc1)N1C[C@H](C(=O)NN2C(=O)NC(c3ccccc3)(c3ccccc3)C2=O)CC1=O. The molecule has 8 nitrogen and oxygen atoms in total. The Hall–Kier alpha value is -4.46. The summed E-state index contributed by atoms with van der Waals surface area (Å²) in [5, 5.41) is 3.53. The summed E-state index contributed by atoms with van der Waals surface area (Å²) in [5.74, 6) is -2.00. The molecule has 2 heterocycles. The predicted octanol–water partition coefficient (Wildman–Crippen LogP) is 3.12. The fraction of sp³-hybridized carbons (Fsp3) is 0.214. The van der Waals surface area contributed by atoms with Crippen LogP contribution in [0.1, 0.15) is 36.1 Å². The molecule has 2 fully saturated rings. The van der Waals surface area contributed by atoms with Gasteiger partial charge in [0.2, 0.25) is 11.8 Å². The van der Waals surface area contributed by atoms with E-state index in [2.05, 4.69) is 10.7 Å². The number of nitrogens with zero attached hydrogens (tertiary/aromatic N) is 2. The molecule has 0 saturated carbocycles. The Kier molecular flexibility index (Phi) is 6.01. The van der Waals surface area contributed by atoms with Crippen LogP contribution in [0.25, 0.3) is 0 Å². The van der Waals surface area contributed by atoms with Gasteiger partial charge in [-0.1, -0.05) is 91.0 Å². The molecule has 3 aromatic rings. The van der Waals surface area contributed by atoms with Crippen LogP contribution >= 0.6 is 0 Å². The van der Waals surface area contributed by atoms with Gasteiger partial charge in [0.25, 0.3) is 5.91 Å². The van der Waals surface area contributed by atoms with E-state index in [9.17, 15) is 19.2 Å². The minimum absolute atomic E-state index is 0.00910. The van der Waals surface area contributed by atoms with Gasteiger partial charge in [0.15, 0.2) is 5.54 Å². The molecule has 2 aliphatic heterocycles. The summed E-state index contributed by atoms with van der Waals surface area (Å²) in [7, 11) is 0. The standard InChI is InChI=1S/C28H26N4O4/c1-19(20-11-5-2-6-12-20)31-18-21(17-24(31)33)25(34)30-32-26(35)28(29-27(32)36,22-13-7-3-8-14-22)23-15-9-4-10-16-23/h2-16,19,21H,17-18H2,1H3,(H,29,36)(H,30,34)/t19-,21-/m1/s1. The minimum atomic E-state index is -1.48. The smallest absolute Gasteiger partial charge is 0.335 e. The monoisotopic (exact) mass is 482 g/mol. The summed E-state index contributed by atoms with van der Waals surface area (Å²) in [4.78, 5) is 54.3. The molecule has 5 amide bonds. The van der Waals surface area contributed by atoms with E-state index < -0.39 is 29.3 Å². The number of rotatable bonds is 6. The van der Waals surface area contributed by atoms with E-state index in [0.29, 0.717) is 11.1 Å². The van der Waals surface area contributed by atoms with Crippen molar-refractivity contribution in [2.75, 3.05) is 6.54 Å². The third-order valence-corrected chi connectivity index (χ3v) is 6.94. The Bertz CT molecular complexity index is 1260. The first kappa shape index (κ1) is 23.3. The van der Waals surface area contributed by atoms with Crippen molar-refractivity contribution in [1.82, 2.24) is 20.7 Å². The maximum absolute atomic E-state index is 13.8. The van der Waals surface area contributed by atoms with Crippen LogP contribution in [-0.4, -0.2) is 40.2 Å². The number of benzene rings is 3. The van der Waals surface area contributed by atoms with Crippen molar-refractivity contribution < 1.29 is 19.2 Å². The normalized spacial score (nSPS) is 19.8. The summed E-state index contributed by atoms with van der Waals surface area (Å²) < 4.78 is 0. The highest BCUT2D eigenvalue weighted by Crippen LogP contribution is 2.36. The van der Waals surface area contributed by atoms with Crippen LogP contribution in [-0.2, 0) is 19.9 Å². The molecule has 0 radical (unpaired) electrons. The van der Waals surface area contributed by atoms with Crippen molar-refractivity contribution in [3.8, 4) is 0 Å². The number of carbonyl (C=O) groups excluding carboxylic acids is 4. The highest BCUT2D eigenvalue weighted by Gasteiger charge is 2.55. The summed E-state index contributed by atoms with van der Waals surface area (Å²) >= 11 is 0. The topological polar surface area (TPSA) is 98.8 Å². The molecule has 2 aliphatic rings. The second-order valence-electron chi connectivity index (χ2n) is 9.06. The van der Waals surface area contributed by atoms with Crippen LogP contribution < -0.4 is 10.7 Å². The lowest BCUT2D eigenvalue weighted by Gasteiger charge is -2.28. The largest absolute Gasteiger partial charge is 0.344 e. The molecule has 2 N–H and O–H groups in total. The zero-order valence-corrected chi connectivity index (χ0v) is 19.8. The van der Waals surface area contributed by atoms with Gasteiger partial charge in [0, 0.05) is 13.0 Å². The van der Waals surface area contributed by atoms with Crippen molar-refractivity contribution in [1.29, 1.82) is 0 Å². The van der Waals surface area contributed by atoms with E-state index in [4.69, 9.17) is 0 Å². The van der Waals surface area contributed by atoms with Crippen LogP contribution in [0.5, 0.6) is 0 Å². The Morgan fingerprint density at radius 2 is 1.42 bits per heavy atom. The number of urea groups is 1. The Morgan fingerprint density at radius 3 is 1.97 bits per heavy atom. The number of hydrogen-bond acceptors (Lipinski definition) is 4.